The average molecular weight is 304 g/mol. The second-order valence-electron chi connectivity index (χ2n) is 5.60. The van der Waals surface area contributed by atoms with Gasteiger partial charge >= 0.3 is 0 Å². The molecule has 0 saturated heterocycles. The summed E-state index contributed by atoms with van der Waals surface area (Å²) >= 11 is 1.77. The van der Waals surface area contributed by atoms with Crippen molar-refractivity contribution in [2.24, 2.45) is 0 Å². The molecular formula is C16H24N4S. The van der Waals surface area contributed by atoms with Gasteiger partial charge in [0.2, 0.25) is 0 Å². The summed E-state index contributed by atoms with van der Waals surface area (Å²) in [6, 6.07) is 4.54. The normalized spacial score (nSPS) is 12.6. The van der Waals surface area contributed by atoms with Gasteiger partial charge in [0.05, 0.1) is 6.04 Å². The van der Waals surface area contributed by atoms with Crippen molar-refractivity contribution >= 4 is 23.0 Å². The van der Waals surface area contributed by atoms with Crippen LogP contribution in [-0.2, 0) is 0 Å². The Morgan fingerprint density at radius 1 is 1.33 bits per heavy atom. The molecule has 2 rings (SSSR count). The molecule has 5 heteroatoms. The second-order valence-corrected chi connectivity index (χ2v) is 6.58. The molecule has 0 bridgehead atoms. The van der Waals surface area contributed by atoms with Crippen LogP contribution in [0.5, 0.6) is 0 Å². The van der Waals surface area contributed by atoms with Crippen LogP contribution in [-0.4, -0.2) is 9.97 Å². The van der Waals surface area contributed by atoms with E-state index >= 15 is 0 Å². The molecule has 0 aliphatic carbocycles. The highest BCUT2D eigenvalue weighted by Gasteiger charge is 2.16. The highest BCUT2D eigenvalue weighted by atomic mass is 32.1. The molecule has 0 aliphatic heterocycles. The van der Waals surface area contributed by atoms with Gasteiger partial charge in [0.15, 0.2) is 0 Å². The largest absolute Gasteiger partial charge is 0.383 e. The number of hydrogen-bond acceptors (Lipinski definition) is 5. The zero-order valence-corrected chi connectivity index (χ0v) is 14.0. The molecule has 0 radical (unpaired) electrons. The van der Waals surface area contributed by atoms with E-state index in [2.05, 4.69) is 53.6 Å². The van der Waals surface area contributed by atoms with E-state index in [1.807, 2.05) is 6.92 Å². The van der Waals surface area contributed by atoms with Gasteiger partial charge in [-0.2, -0.15) is 0 Å². The summed E-state index contributed by atoms with van der Waals surface area (Å²) in [6.45, 7) is 8.33. The van der Waals surface area contributed by atoms with Crippen molar-refractivity contribution in [3.05, 3.63) is 33.8 Å². The van der Waals surface area contributed by atoms with Gasteiger partial charge in [-0.3, -0.25) is 0 Å². The lowest BCUT2D eigenvalue weighted by atomic mass is 10.1. The average Bonchev–Trinajstić information content (AvgIpc) is 2.96. The van der Waals surface area contributed by atoms with E-state index in [0.717, 1.165) is 30.0 Å². The van der Waals surface area contributed by atoms with Gasteiger partial charge in [-0.1, -0.05) is 33.3 Å². The predicted octanol–water partition coefficient (Wildman–Crippen LogP) is 4.51. The molecule has 4 nitrogen and oxygen atoms in total. The highest BCUT2D eigenvalue weighted by molar-refractivity contribution is 7.10. The SMILES string of the molecule is CCCC(Nc1nc(C(C)C)nc(N)c1C)c1cccs1. The molecule has 2 aromatic rings. The molecule has 1 unspecified atom stereocenters. The van der Waals surface area contributed by atoms with E-state index in [-0.39, 0.29) is 12.0 Å². The molecule has 0 aliphatic rings. The molecule has 0 amide bonds. The molecule has 3 N–H and O–H groups in total. The Morgan fingerprint density at radius 2 is 2.10 bits per heavy atom. The minimum Gasteiger partial charge on any atom is -0.383 e. The number of aromatic nitrogens is 2. The number of nitrogens with one attached hydrogen (secondary N) is 1. The molecule has 1 atom stereocenters. The van der Waals surface area contributed by atoms with E-state index in [1.165, 1.54) is 4.88 Å². The number of rotatable bonds is 6. The summed E-state index contributed by atoms with van der Waals surface area (Å²) in [5.41, 5.74) is 6.97. The van der Waals surface area contributed by atoms with Crippen LogP contribution in [0.4, 0.5) is 11.6 Å². The molecule has 21 heavy (non-hydrogen) atoms. The van der Waals surface area contributed by atoms with E-state index < -0.39 is 0 Å². The fourth-order valence-corrected chi connectivity index (χ4v) is 2.99. The Labute approximate surface area is 130 Å². The van der Waals surface area contributed by atoms with Crippen molar-refractivity contribution in [3.63, 3.8) is 0 Å². The summed E-state index contributed by atoms with van der Waals surface area (Å²) in [5, 5.41) is 5.68. The first kappa shape index (κ1) is 15.8. The first-order valence-corrected chi connectivity index (χ1v) is 8.34. The lowest BCUT2D eigenvalue weighted by molar-refractivity contribution is 0.679. The van der Waals surface area contributed by atoms with E-state index in [4.69, 9.17) is 5.73 Å². The smallest absolute Gasteiger partial charge is 0.135 e. The van der Waals surface area contributed by atoms with Crippen molar-refractivity contribution in [2.45, 2.75) is 52.5 Å². The second kappa shape index (κ2) is 6.89. The van der Waals surface area contributed by atoms with Crippen molar-refractivity contribution in [1.29, 1.82) is 0 Å². The van der Waals surface area contributed by atoms with E-state index in [1.54, 1.807) is 11.3 Å². The summed E-state index contributed by atoms with van der Waals surface area (Å²) in [6.07, 6.45) is 2.19. The van der Waals surface area contributed by atoms with Gasteiger partial charge < -0.3 is 11.1 Å². The van der Waals surface area contributed by atoms with Gasteiger partial charge in [0.1, 0.15) is 17.5 Å². The van der Waals surface area contributed by atoms with Crippen LogP contribution in [0.15, 0.2) is 17.5 Å². The number of nitrogens with two attached hydrogens (primary N) is 1. The third-order valence-electron chi connectivity index (χ3n) is 3.49. The number of hydrogen-bond donors (Lipinski definition) is 2. The molecule has 114 valence electrons. The number of nitrogens with zero attached hydrogens (tertiary/aromatic N) is 2. The monoisotopic (exact) mass is 304 g/mol. The first-order chi connectivity index (χ1) is 10.0. The molecule has 0 spiro atoms. The Bertz CT molecular complexity index is 578. The Kier molecular flexibility index (Phi) is 5.17. The maximum absolute atomic E-state index is 6.04. The van der Waals surface area contributed by atoms with Crippen LogP contribution in [0.2, 0.25) is 0 Å². The van der Waals surface area contributed by atoms with Gasteiger partial charge in [0.25, 0.3) is 0 Å². The predicted molar refractivity (Wildman–Crippen MR) is 90.9 cm³/mol. The molecule has 2 aromatic heterocycles. The van der Waals surface area contributed by atoms with Crippen LogP contribution in [0.25, 0.3) is 0 Å². The van der Waals surface area contributed by atoms with Crippen LogP contribution in [0, 0.1) is 6.92 Å². The quantitative estimate of drug-likeness (QED) is 0.824. The molecule has 0 fully saturated rings. The van der Waals surface area contributed by atoms with Crippen molar-refractivity contribution < 1.29 is 0 Å². The van der Waals surface area contributed by atoms with E-state index in [0.29, 0.717) is 5.82 Å². The standard InChI is InChI=1S/C16H24N4S/c1-5-7-12(13-8-6-9-21-13)18-16-11(4)14(17)19-15(20-16)10(2)3/h6,8-10,12H,5,7H2,1-4H3,(H3,17,18,19,20). The van der Waals surface area contributed by atoms with Gasteiger partial charge in [-0.15, -0.1) is 11.3 Å². The maximum atomic E-state index is 6.04. The zero-order chi connectivity index (χ0) is 15.4. The Balaban J connectivity index is 2.32. The molecule has 0 saturated carbocycles. The lowest BCUT2D eigenvalue weighted by Crippen LogP contribution is -2.14. The van der Waals surface area contributed by atoms with Crippen LogP contribution in [0.1, 0.15) is 61.8 Å². The third-order valence-corrected chi connectivity index (χ3v) is 4.48. The number of anilines is 2. The van der Waals surface area contributed by atoms with Crippen LogP contribution < -0.4 is 11.1 Å². The maximum Gasteiger partial charge on any atom is 0.135 e. The summed E-state index contributed by atoms with van der Waals surface area (Å²) < 4.78 is 0. The summed E-state index contributed by atoms with van der Waals surface area (Å²) in [5.74, 6) is 2.48. The number of thiophene rings is 1. The van der Waals surface area contributed by atoms with Gasteiger partial charge in [-0.25, -0.2) is 9.97 Å². The topological polar surface area (TPSA) is 63.8 Å². The fourth-order valence-electron chi connectivity index (χ4n) is 2.18. The molecule has 0 aromatic carbocycles. The van der Waals surface area contributed by atoms with E-state index in [9.17, 15) is 0 Å². The van der Waals surface area contributed by atoms with Gasteiger partial charge in [-0.05, 0) is 24.8 Å². The Morgan fingerprint density at radius 3 is 2.67 bits per heavy atom. The molecule has 2 heterocycles. The number of nitrogen functional groups attached to an aromatic ring is 1. The minimum atomic E-state index is 0.264. The van der Waals surface area contributed by atoms with Crippen molar-refractivity contribution in [3.8, 4) is 0 Å². The van der Waals surface area contributed by atoms with Crippen LogP contribution in [0.3, 0.4) is 0 Å². The summed E-state index contributed by atoms with van der Waals surface area (Å²) in [7, 11) is 0. The first-order valence-electron chi connectivity index (χ1n) is 7.46. The third kappa shape index (κ3) is 3.73. The van der Waals surface area contributed by atoms with Crippen molar-refractivity contribution in [2.75, 3.05) is 11.1 Å². The van der Waals surface area contributed by atoms with Gasteiger partial charge in [0, 0.05) is 16.4 Å². The Hall–Kier alpha value is -1.62. The molecular weight excluding hydrogens is 280 g/mol. The van der Waals surface area contributed by atoms with Crippen LogP contribution >= 0.6 is 11.3 Å². The minimum absolute atomic E-state index is 0.264. The lowest BCUT2D eigenvalue weighted by Gasteiger charge is -2.20. The zero-order valence-electron chi connectivity index (χ0n) is 13.2. The van der Waals surface area contributed by atoms with Crippen molar-refractivity contribution in [1.82, 2.24) is 9.97 Å². The fraction of sp³-hybridized carbons (Fsp3) is 0.500. The summed E-state index contributed by atoms with van der Waals surface area (Å²) in [4.78, 5) is 10.4. The highest BCUT2D eigenvalue weighted by Crippen LogP contribution is 2.29.